The zero-order valence-electron chi connectivity index (χ0n) is 12.9. The van der Waals surface area contributed by atoms with Crippen LogP contribution in [0.1, 0.15) is 17.3 Å². The SMILES string of the molecule is CC(Sc1nc2cc(Cl)ccc2n1C)C(=O)c1ccc(F)cc1F. The highest BCUT2D eigenvalue weighted by atomic mass is 35.5. The molecule has 0 spiro atoms. The maximum absolute atomic E-state index is 13.8. The minimum Gasteiger partial charge on any atom is -0.322 e. The van der Waals surface area contributed by atoms with Crippen molar-refractivity contribution >= 4 is 40.2 Å². The van der Waals surface area contributed by atoms with Gasteiger partial charge in [0.05, 0.1) is 21.8 Å². The van der Waals surface area contributed by atoms with Gasteiger partial charge in [-0.25, -0.2) is 13.8 Å². The number of thioether (sulfide) groups is 1. The van der Waals surface area contributed by atoms with Gasteiger partial charge in [-0.05, 0) is 37.3 Å². The Morgan fingerprint density at radius 3 is 2.71 bits per heavy atom. The van der Waals surface area contributed by atoms with Crippen LogP contribution < -0.4 is 0 Å². The summed E-state index contributed by atoms with van der Waals surface area (Å²) in [6, 6.07) is 8.31. The Labute approximate surface area is 146 Å². The van der Waals surface area contributed by atoms with Crippen LogP contribution in [0, 0.1) is 11.6 Å². The van der Waals surface area contributed by atoms with Crippen molar-refractivity contribution in [3.8, 4) is 0 Å². The number of benzene rings is 2. The van der Waals surface area contributed by atoms with Gasteiger partial charge in [0.15, 0.2) is 10.9 Å². The van der Waals surface area contributed by atoms with Crippen molar-refractivity contribution in [1.29, 1.82) is 0 Å². The summed E-state index contributed by atoms with van der Waals surface area (Å²) < 4.78 is 28.6. The summed E-state index contributed by atoms with van der Waals surface area (Å²) in [5.41, 5.74) is 1.48. The Morgan fingerprint density at radius 1 is 1.25 bits per heavy atom. The average Bonchev–Trinajstić information content (AvgIpc) is 2.82. The van der Waals surface area contributed by atoms with Crippen molar-refractivity contribution in [3.05, 3.63) is 58.6 Å². The van der Waals surface area contributed by atoms with Crippen LogP contribution >= 0.6 is 23.4 Å². The first-order chi connectivity index (χ1) is 11.4. The number of aromatic nitrogens is 2. The van der Waals surface area contributed by atoms with Gasteiger partial charge in [0.1, 0.15) is 11.6 Å². The lowest BCUT2D eigenvalue weighted by Gasteiger charge is -2.10. The van der Waals surface area contributed by atoms with Gasteiger partial charge in [0.2, 0.25) is 0 Å². The third-order valence-electron chi connectivity index (χ3n) is 3.65. The molecule has 0 aliphatic carbocycles. The van der Waals surface area contributed by atoms with E-state index in [9.17, 15) is 13.6 Å². The highest BCUT2D eigenvalue weighted by molar-refractivity contribution is 8.00. The van der Waals surface area contributed by atoms with Crippen LogP contribution in [-0.2, 0) is 7.05 Å². The summed E-state index contributed by atoms with van der Waals surface area (Å²) in [6.45, 7) is 1.67. The van der Waals surface area contributed by atoms with Gasteiger partial charge in [-0.2, -0.15) is 0 Å². The molecule has 0 bridgehead atoms. The predicted molar refractivity (Wildman–Crippen MR) is 91.7 cm³/mol. The number of imidazole rings is 1. The summed E-state index contributed by atoms with van der Waals surface area (Å²) in [5.74, 6) is -1.98. The second-order valence-corrected chi connectivity index (χ2v) is 7.08. The molecule has 1 heterocycles. The van der Waals surface area contributed by atoms with Crippen molar-refractivity contribution in [3.63, 3.8) is 0 Å². The molecule has 1 atom stereocenters. The molecule has 0 fully saturated rings. The Hall–Kier alpha value is -1.92. The lowest BCUT2D eigenvalue weighted by Crippen LogP contribution is -2.16. The number of hydrogen-bond acceptors (Lipinski definition) is 3. The van der Waals surface area contributed by atoms with Gasteiger partial charge < -0.3 is 4.57 Å². The van der Waals surface area contributed by atoms with E-state index in [4.69, 9.17) is 11.6 Å². The fraction of sp³-hybridized carbons (Fsp3) is 0.176. The molecule has 3 nitrogen and oxygen atoms in total. The van der Waals surface area contributed by atoms with E-state index in [0.717, 1.165) is 17.1 Å². The summed E-state index contributed by atoms with van der Waals surface area (Å²) in [7, 11) is 1.83. The summed E-state index contributed by atoms with van der Waals surface area (Å²) >= 11 is 7.18. The molecule has 24 heavy (non-hydrogen) atoms. The van der Waals surface area contributed by atoms with E-state index < -0.39 is 22.7 Å². The fourth-order valence-corrected chi connectivity index (χ4v) is 3.50. The van der Waals surface area contributed by atoms with Crippen molar-refractivity contribution < 1.29 is 13.6 Å². The number of carbonyl (C=O) groups is 1. The van der Waals surface area contributed by atoms with Crippen molar-refractivity contribution in [2.45, 2.75) is 17.3 Å². The maximum atomic E-state index is 13.8. The number of ketones is 1. The second-order valence-electron chi connectivity index (χ2n) is 5.33. The van der Waals surface area contributed by atoms with E-state index in [2.05, 4.69) is 4.98 Å². The molecular weight excluding hydrogens is 354 g/mol. The normalized spacial score (nSPS) is 12.5. The number of fused-ring (bicyclic) bond motifs is 1. The monoisotopic (exact) mass is 366 g/mol. The first-order valence-corrected chi connectivity index (χ1v) is 8.40. The first kappa shape index (κ1) is 16.9. The summed E-state index contributed by atoms with van der Waals surface area (Å²) in [6.07, 6.45) is 0. The van der Waals surface area contributed by atoms with Gasteiger partial charge in [-0.1, -0.05) is 23.4 Å². The first-order valence-electron chi connectivity index (χ1n) is 7.14. The van der Waals surface area contributed by atoms with E-state index in [1.165, 1.54) is 17.8 Å². The van der Waals surface area contributed by atoms with E-state index in [1.807, 2.05) is 17.7 Å². The number of nitrogens with zero attached hydrogens (tertiary/aromatic N) is 2. The number of carbonyl (C=O) groups excluding carboxylic acids is 1. The van der Waals surface area contributed by atoms with Gasteiger partial charge >= 0.3 is 0 Å². The molecule has 0 amide bonds. The summed E-state index contributed by atoms with van der Waals surface area (Å²) in [4.78, 5) is 16.9. The third-order valence-corrected chi connectivity index (χ3v) is 5.03. The molecule has 3 aromatic rings. The van der Waals surface area contributed by atoms with Crippen LogP contribution in [-0.4, -0.2) is 20.6 Å². The lowest BCUT2D eigenvalue weighted by molar-refractivity contribution is 0.0990. The largest absolute Gasteiger partial charge is 0.322 e. The molecule has 124 valence electrons. The molecule has 1 aromatic heterocycles. The average molecular weight is 367 g/mol. The van der Waals surface area contributed by atoms with Crippen molar-refractivity contribution in [2.75, 3.05) is 0 Å². The highest BCUT2D eigenvalue weighted by Crippen LogP contribution is 2.29. The fourth-order valence-electron chi connectivity index (χ4n) is 2.38. The van der Waals surface area contributed by atoms with E-state index >= 15 is 0 Å². The summed E-state index contributed by atoms with van der Waals surface area (Å²) in [5, 5.41) is 0.626. The molecule has 0 aliphatic rings. The third kappa shape index (κ3) is 3.16. The molecule has 0 saturated heterocycles. The molecule has 2 aromatic carbocycles. The predicted octanol–water partition coefficient (Wildman–Crippen LogP) is 4.87. The van der Waals surface area contributed by atoms with Gasteiger partial charge in [0, 0.05) is 18.1 Å². The highest BCUT2D eigenvalue weighted by Gasteiger charge is 2.22. The topological polar surface area (TPSA) is 34.9 Å². The van der Waals surface area contributed by atoms with Crippen molar-refractivity contribution in [1.82, 2.24) is 9.55 Å². The Morgan fingerprint density at radius 2 is 2.00 bits per heavy atom. The molecule has 0 saturated carbocycles. The minimum atomic E-state index is -0.857. The molecule has 7 heteroatoms. The Bertz CT molecular complexity index is 942. The second kappa shape index (κ2) is 6.53. The van der Waals surface area contributed by atoms with E-state index in [-0.39, 0.29) is 5.56 Å². The maximum Gasteiger partial charge on any atom is 0.178 e. The molecular formula is C17H13ClF2N2OS. The zero-order valence-corrected chi connectivity index (χ0v) is 14.5. The van der Waals surface area contributed by atoms with Crippen LogP contribution in [0.25, 0.3) is 11.0 Å². The number of rotatable bonds is 4. The quantitative estimate of drug-likeness (QED) is 0.488. The number of hydrogen-bond donors (Lipinski definition) is 0. The smallest absolute Gasteiger partial charge is 0.178 e. The molecule has 0 N–H and O–H groups in total. The van der Waals surface area contributed by atoms with Gasteiger partial charge in [-0.15, -0.1) is 0 Å². The molecule has 0 radical (unpaired) electrons. The minimum absolute atomic E-state index is 0.127. The van der Waals surface area contributed by atoms with Crippen LogP contribution in [0.4, 0.5) is 8.78 Å². The van der Waals surface area contributed by atoms with Gasteiger partial charge in [-0.3, -0.25) is 4.79 Å². The van der Waals surface area contributed by atoms with Crippen LogP contribution in [0.2, 0.25) is 5.02 Å². The van der Waals surface area contributed by atoms with E-state index in [0.29, 0.717) is 16.2 Å². The number of Topliss-reactive ketones (excluding diaryl/α,β-unsaturated/α-hetero) is 1. The molecule has 0 aliphatic heterocycles. The standard InChI is InChI=1S/C17H13ClF2N2OS/c1-9(16(23)12-5-4-11(19)8-13(12)20)24-17-21-14-7-10(18)3-6-15(14)22(17)2/h3-9H,1-2H3. The Kier molecular flexibility index (Phi) is 4.60. The lowest BCUT2D eigenvalue weighted by atomic mass is 10.1. The van der Waals surface area contributed by atoms with Crippen LogP contribution in [0.3, 0.4) is 0 Å². The number of aryl methyl sites for hydroxylation is 1. The number of halogens is 3. The molecule has 3 rings (SSSR count). The zero-order chi connectivity index (χ0) is 17.4. The molecule has 1 unspecified atom stereocenters. The van der Waals surface area contributed by atoms with Gasteiger partial charge in [0.25, 0.3) is 0 Å². The van der Waals surface area contributed by atoms with Crippen LogP contribution in [0.15, 0.2) is 41.6 Å². The Balaban J connectivity index is 1.87. The van der Waals surface area contributed by atoms with Crippen LogP contribution in [0.5, 0.6) is 0 Å². The van der Waals surface area contributed by atoms with E-state index in [1.54, 1.807) is 19.1 Å². The van der Waals surface area contributed by atoms with Crippen molar-refractivity contribution in [2.24, 2.45) is 7.05 Å².